The summed E-state index contributed by atoms with van der Waals surface area (Å²) in [6.07, 6.45) is 1.14. The van der Waals surface area contributed by atoms with E-state index in [2.05, 4.69) is 10.6 Å². The first-order valence-electron chi connectivity index (χ1n) is 6.90. The summed E-state index contributed by atoms with van der Waals surface area (Å²) in [7, 11) is 0. The molecule has 2 aliphatic rings. The third kappa shape index (κ3) is 3.60. The fourth-order valence-corrected chi connectivity index (χ4v) is 2.10. The van der Waals surface area contributed by atoms with Gasteiger partial charge in [-0.25, -0.2) is 13.6 Å². The lowest BCUT2D eigenvalue weighted by atomic mass is 10.2. The average Bonchev–Trinajstić information content (AvgIpc) is 3.17. The minimum atomic E-state index is -0.750. The fourth-order valence-electron chi connectivity index (χ4n) is 2.10. The lowest BCUT2D eigenvalue weighted by Gasteiger charge is -2.13. The molecule has 1 unspecified atom stereocenters. The summed E-state index contributed by atoms with van der Waals surface area (Å²) >= 11 is 0. The van der Waals surface area contributed by atoms with Crippen molar-refractivity contribution in [1.29, 1.82) is 0 Å². The summed E-state index contributed by atoms with van der Waals surface area (Å²) in [4.78, 5) is 10.8. The maximum atomic E-state index is 13.9. The van der Waals surface area contributed by atoms with Crippen LogP contribution in [-0.4, -0.2) is 31.4 Å². The molecule has 114 valence electrons. The van der Waals surface area contributed by atoms with E-state index in [1.807, 2.05) is 0 Å². The Morgan fingerprint density at radius 2 is 2.05 bits per heavy atom. The van der Waals surface area contributed by atoms with Gasteiger partial charge < -0.3 is 20.1 Å². The molecule has 1 saturated heterocycles. The molecule has 1 saturated carbocycles. The molecule has 1 aliphatic heterocycles. The van der Waals surface area contributed by atoms with Crippen molar-refractivity contribution >= 4 is 6.09 Å². The fraction of sp³-hybridized carbons (Fsp3) is 0.500. The second kappa shape index (κ2) is 5.85. The number of amides is 1. The molecular weight excluding hydrogens is 282 g/mol. The summed E-state index contributed by atoms with van der Waals surface area (Å²) in [5.74, 6) is -1.94. The Labute approximate surface area is 120 Å². The number of rotatable bonds is 6. The van der Waals surface area contributed by atoms with Gasteiger partial charge >= 0.3 is 6.09 Å². The first-order chi connectivity index (χ1) is 10.1. The summed E-state index contributed by atoms with van der Waals surface area (Å²) in [5.41, 5.74) is 0.540. The van der Waals surface area contributed by atoms with Crippen molar-refractivity contribution in [2.45, 2.75) is 31.5 Å². The zero-order valence-corrected chi connectivity index (χ0v) is 11.3. The summed E-state index contributed by atoms with van der Waals surface area (Å²) < 4.78 is 37.7. The Balaban J connectivity index is 1.59. The molecule has 21 heavy (non-hydrogen) atoms. The van der Waals surface area contributed by atoms with Gasteiger partial charge in [-0.1, -0.05) is 0 Å². The quantitative estimate of drug-likeness (QED) is 0.839. The number of carbonyl (C=O) groups excluding carboxylic acids is 1. The van der Waals surface area contributed by atoms with Crippen LogP contribution in [0.3, 0.4) is 0 Å². The molecular formula is C14H16F2N2O3. The maximum absolute atomic E-state index is 13.9. The highest BCUT2D eigenvalue weighted by molar-refractivity contribution is 5.69. The van der Waals surface area contributed by atoms with Gasteiger partial charge in [-0.05, 0) is 30.5 Å². The number of hydrogen-bond donors (Lipinski definition) is 2. The second-order valence-corrected chi connectivity index (χ2v) is 5.26. The highest BCUT2D eigenvalue weighted by Crippen LogP contribution is 2.25. The first-order valence-corrected chi connectivity index (χ1v) is 6.90. The van der Waals surface area contributed by atoms with E-state index in [0.29, 0.717) is 18.2 Å². The molecule has 1 aromatic carbocycles. The average molecular weight is 298 g/mol. The Bertz CT molecular complexity index is 526. The van der Waals surface area contributed by atoms with Gasteiger partial charge in [-0.15, -0.1) is 0 Å². The van der Waals surface area contributed by atoms with Gasteiger partial charge in [0.25, 0.3) is 0 Å². The summed E-state index contributed by atoms with van der Waals surface area (Å²) in [6.45, 7) is 0.612. The lowest BCUT2D eigenvalue weighted by molar-refractivity contribution is 0.101. The molecule has 1 atom stereocenters. The van der Waals surface area contributed by atoms with Gasteiger partial charge in [0.15, 0.2) is 23.5 Å². The van der Waals surface area contributed by atoms with Crippen molar-refractivity contribution in [2.24, 2.45) is 0 Å². The molecule has 0 radical (unpaired) electrons. The maximum Gasteiger partial charge on any atom is 0.407 e. The summed E-state index contributed by atoms with van der Waals surface area (Å²) in [6, 6.07) is 2.98. The number of nitrogens with one attached hydrogen (secondary N) is 2. The van der Waals surface area contributed by atoms with Gasteiger partial charge in [-0.3, -0.25) is 0 Å². The van der Waals surface area contributed by atoms with Crippen molar-refractivity contribution in [3.05, 3.63) is 29.3 Å². The van der Waals surface area contributed by atoms with E-state index in [0.717, 1.165) is 12.8 Å². The van der Waals surface area contributed by atoms with Crippen LogP contribution in [0.15, 0.2) is 12.1 Å². The summed E-state index contributed by atoms with van der Waals surface area (Å²) in [5, 5.41) is 5.63. The molecule has 1 heterocycles. The number of alkyl carbamates (subject to hydrolysis) is 1. The highest BCUT2D eigenvalue weighted by atomic mass is 19.1. The molecule has 0 bridgehead atoms. The number of ether oxygens (including phenoxy) is 2. The minimum absolute atomic E-state index is 0.0910. The van der Waals surface area contributed by atoms with Crippen LogP contribution in [0, 0.1) is 11.6 Å². The van der Waals surface area contributed by atoms with Crippen molar-refractivity contribution in [1.82, 2.24) is 10.6 Å². The van der Waals surface area contributed by atoms with Gasteiger partial charge in [0, 0.05) is 12.6 Å². The largest absolute Gasteiger partial charge is 0.484 e. The molecule has 2 fully saturated rings. The predicted octanol–water partition coefficient (Wildman–Crippen LogP) is 1.70. The molecule has 7 heteroatoms. The lowest BCUT2D eigenvalue weighted by Crippen LogP contribution is -2.22. The van der Waals surface area contributed by atoms with E-state index in [4.69, 9.17) is 9.47 Å². The van der Waals surface area contributed by atoms with Crippen LogP contribution in [0.2, 0.25) is 0 Å². The molecule has 2 N–H and O–H groups in total. The number of hydrogen-bond acceptors (Lipinski definition) is 4. The van der Waals surface area contributed by atoms with Crippen LogP contribution in [-0.2, 0) is 11.3 Å². The molecule has 3 rings (SSSR count). The van der Waals surface area contributed by atoms with E-state index >= 15 is 0 Å². The van der Waals surface area contributed by atoms with E-state index < -0.39 is 29.6 Å². The molecule has 0 spiro atoms. The van der Waals surface area contributed by atoms with Crippen molar-refractivity contribution < 1.29 is 23.0 Å². The zero-order valence-electron chi connectivity index (χ0n) is 11.3. The molecule has 1 aromatic rings. The molecule has 1 amide bonds. The van der Waals surface area contributed by atoms with E-state index in [-0.39, 0.29) is 13.2 Å². The van der Waals surface area contributed by atoms with Gasteiger partial charge in [0.05, 0.1) is 6.54 Å². The van der Waals surface area contributed by atoms with Gasteiger partial charge in [0.1, 0.15) is 6.61 Å². The topological polar surface area (TPSA) is 59.6 Å². The standard InChI is InChI=1S/C14H16F2N2O3/c15-11-3-8(5-17-9-1-2-9)4-12(16)13(11)20-7-10-6-18-14(19)21-10/h3-4,9-10,17H,1-2,5-7H2,(H,18,19). The van der Waals surface area contributed by atoms with E-state index in [9.17, 15) is 13.6 Å². The van der Waals surface area contributed by atoms with Crippen molar-refractivity contribution in [3.8, 4) is 5.75 Å². The van der Waals surface area contributed by atoms with E-state index in [1.54, 1.807) is 0 Å². The van der Waals surface area contributed by atoms with Gasteiger partial charge in [-0.2, -0.15) is 0 Å². The molecule has 5 nitrogen and oxygen atoms in total. The third-order valence-corrected chi connectivity index (χ3v) is 3.39. The van der Waals surface area contributed by atoms with E-state index in [1.165, 1.54) is 12.1 Å². The predicted molar refractivity (Wildman–Crippen MR) is 70.0 cm³/mol. The molecule has 0 aromatic heterocycles. The number of carbonyl (C=O) groups is 1. The zero-order chi connectivity index (χ0) is 14.8. The van der Waals surface area contributed by atoms with Crippen LogP contribution in [0.1, 0.15) is 18.4 Å². The van der Waals surface area contributed by atoms with Crippen LogP contribution >= 0.6 is 0 Å². The third-order valence-electron chi connectivity index (χ3n) is 3.39. The van der Waals surface area contributed by atoms with Crippen LogP contribution in [0.5, 0.6) is 5.75 Å². The Kier molecular flexibility index (Phi) is 3.92. The van der Waals surface area contributed by atoms with Crippen LogP contribution in [0.25, 0.3) is 0 Å². The molecule has 1 aliphatic carbocycles. The number of halogens is 2. The minimum Gasteiger partial charge on any atom is -0.484 e. The SMILES string of the molecule is O=C1NCC(COc2c(F)cc(CNC3CC3)cc2F)O1. The smallest absolute Gasteiger partial charge is 0.407 e. The van der Waals surface area contributed by atoms with Crippen molar-refractivity contribution in [2.75, 3.05) is 13.2 Å². The van der Waals surface area contributed by atoms with Crippen LogP contribution < -0.4 is 15.4 Å². The number of benzene rings is 1. The number of cyclic esters (lactones) is 1. The van der Waals surface area contributed by atoms with Crippen molar-refractivity contribution in [3.63, 3.8) is 0 Å². The Morgan fingerprint density at radius 1 is 1.33 bits per heavy atom. The second-order valence-electron chi connectivity index (χ2n) is 5.26. The Hall–Kier alpha value is -1.89. The van der Waals surface area contributed by atoms with Crippen LogP contribution in [0.4, 0.5) is 13.6 Å². The normalized spacial score (nSPS) is 21.0. The first kappa shape index (κ1) is 14.1. The highest BCUT2D eigenvalue weighted by Gasteiger charge is 2.24. The Morgan fingerprint density at radius 3 is 2.62 bits per heavy atom. The van der Waals surface area contributed by atoms with Gasteiger partial charge in [0.2, 0.25) is 0 Å². The monoisotopic (exact) mass is 298 g/mol.